The fourth-order valence-electron chi connectivity index (χ4n) is 2.68. The molecule has 1 atom stereocenters. The largest absolute Gasteiger partial charge is 0.481 e. The summed E-state index contributed by atoms with van der Waals surface area (Å²) in [6, 6.07) is 9.26. The highest BCUT2D eigenvalue weighted by atomic mass is 35.5. The zero-order valence-electron chi connectivity index (χ0n) is 16.4. The Morgan fingerprint density at radius 2 is 2.03 bits per heavy atom. The SMILES string of the molecule is Cc1c(Cl)cccc1NC(=O)CSc1nnc(C(C)Oc2ccc(F)cc2Cl)n1C. The van der Waals surface area contributed by atoms with Crippen molar-refractivity contribution in [2.45, 2.75) is 25.1 Å². The molecular weight excluding hydrogens is 450 g/mol. The van der Waals surface area contributed by atoms with Crippen LogP contribution in [0.3, 0.4) is 0 Å². The van der Waals surface area contributed by atoms with E-state index in [9.17, 15) is 9.18 Å². The lowest BCUT2D eigenvalue weighted by Gasteiger charge is -2.15. The van der Waals surface area contributed by atoms with Gasteiger partial charge < -0.3 is 14.6 Å². The summed E-state index contributed by atoms with van der Waals surface area (Å²) in [6.07, 6.45) is -0.484. The molecular formula is C20H19Cl2FN4O2S. The topological polar surface area (TPSA) is 69.0 Å². The number of benzene rings is 2. The van der Waals surface area contributed by atoms with E-state index in [0.29, 0.717) is 27.4 Å². The molecule has 1 N–H and O–H groups in total. The van der Waals surface area contributed by atoms with E-state index in [1.165, 1.54) is 30.0 Å². The molecule has 2 aromatic carbocycles. The van der Waals surface area contributed by atoms with Crippen molar-refractivity contribution < 1.29 is 13.9 Å². The van der Waals surface area contributed by atoms with Crippen molar-refractivity contribution >= 4 is 46.6 Å². The van der Waals surface area contributed by atoms with E-state index < -0.39 is 11.9 Å². The zero-order chi connectivity index (χ0) is 21.8. The molecule has 1 aromatic heterocycles. The highest BCUT2D eigenvalue weighted by Crippen LogP contribution is 2.30. The van der Waals surface area contributed by atoms with Crippen LogP contribution in [-0.2, 0) is 11.8 Å². The van der Waals surface area contributed by atoms with Crippen LogP contribution in [-0.4, -0.2) is 26.4 Å². The third kappa shape index (κ3) is 5.24. The number of aromatic nitrogens is 3. The summed E-state index contributed by atoms with van der Waals surface area (Å²) in [6.45, 7) is 3.63. The third-order valence-electron chi connectivity index (χ3n) is 4.30. The summed E-state index contributed by atoms with van der Waals surface area (Å²) >= 11 is 13.3. The van der Waals surface area contributed by atoms with Crippen LogP contribution in [0.25, 0.3) is 0 Å². The van der Waals surface area contributed by atoms with Crippen LogP contribution in [0.5, 0.6) is 5.75 Å². The van der Waals surface area contributed by atoms with Gasteiger partial charge in [-0.05, 0) is 49.7 Å². The van der Waals surface area contributed by atoms with Gasteiger partial charge in [0.15, 0.2) is 17.1 Å². The molecule has 0 aliphatic carbocycles. The maximum absolute atomic E-state index is 13.2. The molecule has 0 saturated carbocycles. The summed E-state index contributed by atoms with van der Waals surface area (Å²) in [5, 5.41) is 12.4. The van der Waals surface area contributed by atoms with Crippen LogP contribution in [0, 0.1) is 12.7 Å². The van der Waals surface area contributed by atoms with Crippen molar-refractivity contribution in [3.8, 4) is 5.75 Å². The first-order valence-corrected chi connectivity index (χ1v) is 10.7. The number of ether oxygens (including phenoxy) is 1. The van der Waals surface area contributed by atoms with Crippen LogP contribution in [0.4, 0.5) is 10.1 Å². The van der Waals surface area contributed by atoms with Gasteiger partial charge in [-0.1, -0.05) is 41.0 Å². The Labute approximate surface area is 187 Å². The number of carbonyl (C=O) groups is 1. The Balaban J connectivity index is 1.62. The number of hydrogen-bond donors (Lipinski definition) is 1. The predicted molar refractivity (Wildman–Crippen MR) is 117 cm³/mol. The number of anilines is 1. The molecule has 158 valence electrons. The molecule has 1 amide bonds. The second-order valence-corrected chi connectivity index (χ2v) is 8.24. The first kappa shape index (κ1) is 22.4. The van der Waals surface area contributed by atoms with Gasteiger partial charge in [-0.25, -0.2) is 4.39 Å². The van der Waals surface area contributed by atoms with Crippen molar-refractivity contribution in [3.63, 3.8) is 0 Å². The van der Waals surface area contributed by atoms with Crippen LogP contribution in [0.2, 0.25) is 10.0 Å². The van der Waals surface area contributed by atoms with E-state index in [1.807, 2.05) is 6.92 Å². The average Bonchev–Trinajstić information content (AvgIpc) is 3.06. The maximum atomic E-state index is 13.2. The van der Waals surface area contributed by atoms with Gasteiger partial charge in [0.05, 0.1) is 10.8 Å². The first-order valence-electron chi connectivity index (χ1n) is 8.95. The molecule has 0 aliphatic rings. The third-order valence-corrected chi connectivity index (χ3v) is 6.03. The first-order chi connectivity index (χ1) is 14.3. The summed E-state index contributed by atoms with van der Waals surface area (Å²) in [5.74, 6) is 0.417. The number of rotatable bonds is 7. The van der Waals surface area contributed by atoms with Crippen LogP contribution < -0.4 is 10.1 Å². The molecule has 0 fully saturated rings. The van der Waals surface area contributed by atoms with Crippen LogP contribution in [0.1, 0.15) is 24.4 Å². The average molecular weight is 469 g/mol. The summed E-state index contributed by atoms with van der Waals surface area (Å²) in [7, 11) is 1.78. The minimum atomic E-state index is -0.484. The Morgan fingerprint density at radius 3 is 2.77 bits per heavy atom. The summed E-state index contributed by atoms with van der Waals surface area (Å²) in [5.41, 5.74) is 1.48. The molecule has 0 spiro atoms. The van der Waals surface area contributed by atoms with E-state index >= 15 is 0 Å². The molecule has 1 unspecified atom stereocenters. The van der Waals surface area contributed by atoms with Gasteiger partial charge >= 0.3 is 0 Å². The lowest BCUT2D eigenvalue weighted by molar-refractivity contribution is -0.113. The molecule has 0 radical (unpaired) electrons. The van der Waals surface area contributed by atoms with Gasteiger partial charge in [0.2, 0.25) is 5.91 Å². The van der Waals surface area contributed by atoms with Crippen molar-refractivity contribution in [3.05, 3.63) is 63.6 Å². The number of hydrogen-bond acceptors (Lipinski definition) is 5. The molecule has 0 bridgehead atoms. The van der Waals surface area contributed by atoms with Crippen LogP contribution >= 0.6 is 35.0 Å². The second kappa shape index (κ2) is 9.68. The molecule has 10 heteroatoms. The van der Waals surface area contributed by atoms with E-state index in [1.54, 1.807) is 36.7 Å². The lowest BCUT2D eigenvalue weighted by atomic mass is 10.2. The zero-order valence-corrected chi connectivity index (χ0v) is 18.8. The maximum Gasteiger partial charge on any atom is 0.234 e. The van der Waals surface area contributed by atoms with Crippen LogP contribution in [0.15, 0.2) is 41.6 Å². The molecule has 30 heavy (non-hydrogen) atoms. The Hall–Kier alpha value is -2.29. The van der Waals surface area contributed by atoms with Crippen molar-refractivity contribution in [1.29, 1.82) is 0 Å². The van der Waals surface area contributed by atoms with Gasteiger partial charge in [0.1, 0.15) is 11.6 Å². The normalized spacial score (nSPS) is 11.9. The Bertz CT molecular complexity index is 1080. The minimum Gasteiger partial charge on any atom is -0.481 e. The van der Waals surface area contributed by atoms with Gasteiger partial charge in [-0.15, -0.1) is 10.2 Å². The fourth-order valence-corrected chi connectivity index (χ4v) is 3.78. The van der Waals surface area contributed by atoms with E-state index in [2.05, 4.69) is 15.5 Å². The molecule has 3 aromatic rings. The smallest absolute Gasteiger partial charge is 0.234 e. The summed E-state index contributed by atoms with van der Waals surface area (Å²) in [4.78, 5) is 12.3. The Morgan fingerprint density at radius 1 is 1.27 bits per heavy atom. The van der Waals surface area contributed by atoms with Crippen molar-refractivity contribution in [2.75, 3.05) is 11.1 Å². The van der Waals surface area contributed by atoms with E-state index in [4.69, 9.17) is 27.9 Å². The van der Waals surface area contributed by atoms with Crippen molar-refractivity contribution in [1.82, 2.24) is 14.8 Å². The highest BCUT2D eigenvalue weighted by Gasteiger charge is 2.19. The predicted octanol–water partition coefficient (Wildman–Crippen LogP) is 5.44. The summed E-state index contributed by atoms with van der Waals surface area (Å²) < 4.78 is 20.7. The van der Waals surface area contributed by atoms with Gasteiger partial charge in [0, 0.05) is 17.8 Å². The Kier molecular flexibility index (Phi) is 7.23. The highest BCUT2D eigenvalue weighted by molar-refractivity contribution is 7.99. The number of nitrogens with one attached hydrogen (secondary N) is 1. The van der Waals surface area contributed by atoms with E-state index in [0.717, 1.165) is 5.56 Å². The second-order valence-electron chi connectivity index (χ2n) is 6.48. The number of carbonyl (C=O) groups excluding carboxylic acids is 1. The van der Waals surface area contributed by atoms with Crippen molar-refractivity contribution in [2.24, 2.45) is 7.05 Å². The molecule has 1 heterocycles. The lowest BCUT2D eigenvalue weighted by Crippen LogP contribution is -2.15. The number of halogens is 3. The standard InChI is InChI=1S/C20H19Cl2FN4O2S/c1-11-14(21)5-4-6-16(11)24-18(28)10-30-20-26-25-19(27(20)3)12(2)29-17-8-7-13(23)9-15(17)22/h4-9,12H,10H2,1-3H3,(H,24,28). The number of amides is 1. The quantitative estimate of drug-likeness (QED) is 0.467. The van der Waals surface area contributed by atoms with Gasteiger partial charge in [0.25, 0.3) is 0 Å². The molecule has 0 aliphatic heterocycles. The molecule has 3 rings (SSSR count). The van der Waals surface area contributed by atoms with E-state index in [-0.39, 0.29) is 16.7 Å². The monoisotopic (exact) mass is 468 g/mol. The number of thioether (sulfide) groups is 1. The number of nitrogens with zero attached hydrogens (tertiary/aromatic N) is 3. The van der Waals surface area contributed by atoms with Gasteiger partial charge in [-0.2, -0.15) is 0 Å². The molecule has 6 nitrogen and oxygen atoms in total. The fraction of sp³-hybridized carbons (Fsp3) is 0.250. The molecule has 0 saturated heterocycles. The van der Waals surface area contributed by atoms with Gasteiger partial charge in [-0.3, -0.25) is 4.79 Å². The minimum absolute atomic E-state index is 0.150.